The summed E-state index contributed by atoms with van der Waals surface area (Å²) in [5, 5.41) is 6.94. The van der Waals surface area contributed by atoms with E-state index in [4.69, 9.17) is 12.2 Å². The molecule has 1 heterocycles. The third-order valence-corrected chi connectivity index (χ3v) is 2.86. The van der Waals surface area contributed by atoms with Gasteiger partial charge in [0.25, 0.3) is 0 Å². The van der Waals surface area contributed by atoms with Crippen molar-refractivity contribution in [1.29, 1.82) is 0 Å². The van der Waals surface area contributed by atoms with Gasteiger partial charge in [0.2, 0.25) is 4.77 Å². The molecule has 4 nitrogen and oxygen atoms in total. The van der Waals surface area contributed by atoms with Crippen molar-refractivity contribution >= 4 is 12.2 Å². The lowest BCUT2D eigenvalue weighted by Gasteiger charge is -2.09. The molecule has 1 aromatic heterocycles. The number of hydrogen-bond donors (Lipinski definition) is 2. The van der Waals surface area contributed by atoms with Gasteiger partial charge in [0, 0.05) is 6.42 Å². The van der Waals surface area contributed by atoms with Crippen molar-refractivity contribution in [2.75, 3.05) is 5.43 Å². The van der Waals surface area contributed by atoms with Crippen LogP contribution in [0.3, 0.4) is 0 Å². The van der Waals surface area contributed by atoms with E-state index in [0.717, 1.165) is 18.8 Å². The summed E-state index contributed by atoms with van der Waals surface area (Å²) in [6.45, 7) is 4.88. The Balaban J connectivity index is 2.12. The average Bonchev–Trinajstić information content (AvgIpc) is 2.67. The second-order valence-corrected chi connectivity index (χ2v) is 4.34. The van der Waals surface area contributed by atoms with Gasteiger partial charge in [-0.1, -0.05) is 36.8 Å². The number of aromatic amines is 1. The van der Waals surface area contributed by atoms with Crippen LogP contribution in [0.2, 0.25) is 0 Å². The summed E-state index contributed by atoms with van der Waals surface area (Å²) in [7, 11) is 0. The normalized spacial score (nSPS) is 10.5. The van der Waals surface area contributed by atoms with Crippen molar-refractivity contribution in [2.24, 2.45) is 0 Å². The van der Waals surface area contributed by atoms with Crippen molar-refractivity contribution in [3.05, 3.63) is 46.0 Å². The monoisotopic (exact) mass is 248 g/mol. The molecule has 2 rings (SSSR count). The minimum atomic E-state index is 0.606. The Bertz CT molecular complexity index is 556. The first-order valence-corrected chi connectivity index (χ1v) is 6.07. The van der Waals surface area contributed by atoms with Crippen molar-refractivity contribution in [3.8, 4) is 0 Å². The lowest BCUT2D eigenvalue weighted by molar-refractivity contribution is 0.763. The van der Waals surface area contributed by atoms with Gasteiger partial charge in [-0.2, -0.15) is 5.10 Å². The third kappa shape index (κ3) is 2.74. The Labute approximate surface area is 106 Å². The van der Waals surface area contributed by atoms with Crippen molar-refractivity contribution in [3.63, 3.8) is 0 Å². The fourth-order valence-corrected chi connectivity index (χ4v) is 1.94. The molecule has 0 aliphatic rings. The molecule has 0 amide bonds. The van der Waals surface area contributed by atoms with Gasteiger partial charge in [-0.3, -0.25) is 5.10 Å². The largest absolute Gasteiger partial charge is 0.318 e. The summed E-state index contributed by atoms with van der Waals surface area (Å²) >= 11 is 5.16. The molecular weight excluding hydrogens is 232 g/mol. The fourth-order valence-electron chi connectivity index (χ4n) is 1.72. The maximum Gasteiger partial charge on any atom is 0.214 e. The Morgan fingerprint density at radius 1 is 1.47 bits per heavy atom. The molecule has 0 aliphatic carbocycles. The highest BCUT2D eigenvalue weighted by molar-refractivity contribution is 7.71. The number of benzene rings is 1. The number of H-pyrrole nitrogens is 1. The van der Waals surface area contributed by atoms with E-state index in [2.05, 4.69) is 53.7 Å². The van der Waals surface area contributed by atoms with E-state index in [1.54, 1.807) is 0 Å². The van der Waals surface area contributed by atoms with Gasteiger partial charge >= 0.3 is 0 Å². The Morgan fingerprint density at radius 3 is 3.00 bits per heavy atom. The summed E-state index contributed by atoms with van der Waals surface area (Å²) in [4.78, 5) is 0. The second kappa shape index (κ2) is 5.14. The predicted octanol–water partition coefficient (Wildman–Crippen LogP) is 2.56. The molecule has 0 saturated carbocycles. The Kier molecular flexibility index (Phi) is 3.58. The van der Waals surface area contributed by atoms with Crippen LogP contribution in [0, 0.1) is 11.7 Å². The molecule has 0 unspecified atom stereocenters. The van der Waals surface area contributed by atoms with Gasteiger partial charge in [0.1, 0.15) is 0 Å². The zero-order valence-corrected chi connectivity index (χ0v) is 10.8. The minimum absolute atomic E-state index is 0.606. The molecule has 0 saturated heterocycles. The van der Waals surface area contributed by atoms with Gasteiger partial charge in [0.15, 0.2) is 5.82 Å². The van der Waals surface area contributed by atoms with Crippen molar-refractivity contribution in [1.82, 2.24) is 14.9 Å². The number of rotatable bonds is 4. The van der Waals surface area contributed by atoms with Crippen LogP contribution in [0.5, 0.6) is 0 Å². The Hall–Kier alpha value is -1.62. The first kappa shape index (κ1) is 11.9. The number of nitrogens with one attached hydrogen (secondary N) is 2. The second-order valence-electron chi connectivity index (χ2n) is 3.96. The molecule has 90 valence electrons. The summed E-state index contributed by atoms with van der Waals surface area (Å²) in [5.74, 6) is 0.919. The number of nitrogens with zero attached hydrogens (tertiary/aromatic N) is 2. The van der Waals surface area contributed by atoms with Crippen LogP contribution in [0.4, 0.5) is 0 Å². The van der Waals surface area contributed by atoms with Crippen LogP contribution in [0.15, 0.2) is 24.3 Å². The standard InChI is InChI=1S/C12H16N4S/c1-3-11-14-15-12(17)16(11)13-8-10-6-4-5-9(2)7-10/h4-7,13H,3,8H2,1-2H3,(H,15,17). The predicted molar refractivity (Wildman–Crippen MR) is 71.0 cm³/mol. The van der Waals surface area contributed by atoms with Gasteiger partial charge < -0.3 is 5.43 Å². The van der Waals surface area contributed by atoms with Crippen molar-refractivity contribution < 1.29 is 0 Å². The molecule has 0 bridgehead atoms. The van der Waals surface area contributed by atoms with E-state index in [0.29, 0.717) is 4.77 Å². The van der Waals surface area contributed by atoms with Gasteiger partial charge in [-0.25, -0.2) is 4.68 Å². The van der Waals surface area contributed by atoms with Crippen LogP contribution < -0.4 is 5.43 Å². The van der Waals surface area contributed by atoms with Crippen LogP contribution in [0.1, 0.15) is 23.9 Å². The fraction of sp³-hybridized carbons (Fsp3) is 0.333. The molecule has 17 heavy (non-hydrogen) atoms. The highest BCUT2D eigenvalue weighted by Gasteiger charge is 2.02. The summed E-state index contributed by atoms with van der Waals surface area (Å²) in [6.07, 6.45) is 0.841. The highest BCUT2D eigenvalue weighted by Crippen LogP contribution is 2.04. The smallest absolute Gasteiger partial charge is 0.214 e. The summed E-state index contributed by atoms with van der Waals surface area (Å²) in [5.41, 5.74) is 5.77. The highest BCUT2D eigenvalue weighted by atomic mass is 32.1. The number of hydrogen-bond acceptors (Lipinski definition) is 3. The third-order valence-electron chi connectivity index (χ3n) is 2.58. The zero-order valence-electron chi connectivity index (χ0n) is 10.0. The maximum atomic E-state index is 5.16. The van der Waals surface area contributed by atoms with E-state index >= 15 is 0 Å². The molecule has 0 atom stereocenters. The SMILES string of the molecule is CCc1n[nH]c(=S)n1NCc1cccc(C)c1. The minimum Gasteiger partial charge on any atom is -0.318 e. The average molecular weight is 248 g/mol. The summed E-state index contributed by atoms with van der Waals surface area (Å²) in [6, 6.07) is 8.39. The number of aryl methyl sites for hydroxylation is 2. The molecule has 0 aliphatic heterocycles. The quantitative estimate of drug-likeness (QED) is 0.817. The van der Waals surface area contributed by atoms with E-state index in [-0.39, 0.29) is 0 Å². The topological polar surface area (TPSA) is 45.6 Å². The summed E-state index contributed by atoms with van der Waals surface area (Å²) < 4.78 is 2.44. The van der Waals surface area contributed by atoms with E-state index in [9.17, 15) is 0 Å². The van der Waals surface area contributed by atoms with E-state index in [1.807, 2.05) is 4.68 Å². The molecule has 1 aromatic carbocycles. The Morgan fingerprint density at radius 2 is 2.29 bits per heavy atom. The lowest BCUT2D eigenvalue weighted by atomic mass is 10.1. The van der Waals surface area contributed by atoms with Crippen LogP contribution >= 0.6 is 12.2 Å². The first-order chi connectivity index (χ1) is 8.20. The molecule has 2 N–H and O–H groups in total. The van der Waals surface area contributed by atoms with Crippen LogP contribution in [-0.2, 0) is 13.0 Å². The number of aromatic nitrogens is 3. The van der Waals surface area contributed by atoms with Gasteiger partial charge in [0.05, 0.1) is 6.54 Å². The zero-order chi connectivity index (χ0) is 12.3. The lowest BCUT2D eigenvalue weighted by Crippen LogP contribution is -2.17. The van der Waals surface area contributed by atoms with Gasteiger partial charge in [-0.15, -0.1) is 0 Å². The molecule has 0 spiro atoms. The van der Waals surface area contributed by atoms with Crippen LogP contribution in [-0.4, -0.2) is 14.9 Å². The molecule has 0 fully saturated rings. The van der Waals surface area contributed by atoms with E-state index in [1.165, 1.54) is 11.1 Å². The molecule has 5 heteroatoms. The van der Waals surface area contributed by atoms with Crippen LogP contribution in [0.25, 0.3) is 0 Å². The van der Waals surface area contributed by atoms with Gasteiger partial charge in [-0.05, 0) is 24.7 Å². The van der Waals surface area contributed by atoms with E-state index < -0.39 is 0 Å². The molecule has 2 aromatic rings. The maximum absolute atomic E-state index is 5.16. The molecular formula is C12H16N4S. The first-order valence-electron chi connectivity index (χ1n) is 5.66. The van der Waals surface area contributed by atoms with Crippen molar-refractivity contribution in [2.45, 2.75) is 26.8 Å². The molecule has 0 radical (unpaired) electrons.